The van der Waals surface area contributed by atoms with Crippen LogP contribution in [0.15, 0.2) is 66.7 Å². The zero-order chi connectivity index (χ0) is 25.8. The van der Waals surface area contributed by atoms with Crippen molar-refractivity contribution in [3.05, 3.63) is 93.5 Å². The molecule has 0 spiro atoms. The van der Waals surface area contributed by atoms with Gasteiger partial charge in [0.1, 0.15) is 0 Å². The molecule has 2 amide bonds. The van der Waals surface area contributed by atoms with Crippen LogP contribution in [0.5, 0.6) is 11.5 Å². The van der Waals surface area contributed by atoms with E-state index in [1.807, 2.05) is 42.5 Å². The van der Waals surface area contributed by atoms with E-state index in [2.05, 4.69) is 5.32 Å². The highest BCUT2D eigenvalue weighted by atomic mass is 35.5. The lowest BCUT2D eigenvalue weighted by molar-refractivity contribution is -0.133. The van der Waals surface area contributed by atoms with E-state index in [1.54, 1.807) is 50.3 Å². The van der Waals surface area contributed by atoms with Gasteiger partial charge in [-0.25, -0.2) is 0 Å². The zero-order valence-electron chi connectivity index (χ0n) is 20.3. The molecule has 0 aliphatic carbocycles. The first-order valence-electron chi connectivity index (χ1n) is 11.6. The predicted octanol–water partition coefficient (Wildman–Crippen LogP) is 5.51. The number of hydrogen-bond acceptors (Lipinski definition) is 4. The first kappa shape index (κ1) is 25.9. The number of hydrogen-bond donors (Lipinski definition) is 1. The SMILES string of the molecule is COc1ccc(CN2CC(C(=O)NC(c3ccc(Cl)cc3)c3ccc(Cl)cc3)C(C)C2=O)cc1OC. The van der Waals surface area contributed by atoms with Crippen molar-refractivity contribution in [3.63, 3.8) is 0 Å². The van der Waals surface area contributed by atoms with Crippen LogP contribution in [0.1, 0.15) is 29.7 Å². The van der Waals surface area contributed by atoms with Crippen molar-refractivity contribution in [2.24, 2.45) is 11.8 Å². The van der Waals surface area contributed by atoms with E-state index in [9.17, 15) is 9.59 Å². The van der Waals surface area contributed by atoms with Gasteiger partial charge in [-0.15, -0.1) is 0 Å². The van der Waals surface area contributed by atoms with Gasteiger partial charge in [0.05, 0.1) is 26.2 Å². The first-order valence-corrected chi connectivity index (χ1v) is 12.4. The highest BCUT2D eigenvalue weighted by Crippen LogP contribution is 2.32. The maximum absolute atomic E-state index is 13.5. The van der Waals surface area contributed by atoms with Crippen LogP contribution in [0.4, 0.5) is 0 Å². The normalized spacial score (nSPS) is 17.4. The third-order valence-corrected chi connectivity index (χ3v) is 7.08. The number of nitrogens with zero attached hydrogens (tertiary/aromatic N) is 1. The van der Waals surface area contributed by atoms with Crippen LogP contribution in [-0.4, -0.2) is 37.5 Å². The molecule has 0 aromatic heterocycles. The van der Waals surface area contributed by atoms with Crippen molar-refractivity contribution in [1.82, 2.24) is 10.2 Å². The lowest BCUT2D eigenvalue weighted by atomic mass is 9.94. The molecule has 1 aliphatic rings. The van der Waals surface area contributed by atoms with Crippen LogP contribution in [-0.2, 0) is 16.1 Å². The van der Waals surface area contributed by atoms with E-state index in [4.69, 9.17) is 32.7 Å². The van der Waals surface area contributed by atoms with E-state index >= 15 is 0 Å². The van der Waals surface area contributed by atoms with Gasteiger partial charge in [-0.1, -0.05) is 60.5 Å². The summed E-state index contributed by atoms with van der Waals surface area (Å²) in [7, 11) is 3.15. The van der Waals surface area contributed by atoms with Crippen LogP contribution in [0.25, 0.3) is 0 Å². The second-order valence-electron chi connectivity index (χ2n) is 8.85. The van der Waals surface area contributed by atoms with E-state index in [0.717, 1.165) is 16.7 Å². The topological polar surface area (TPSA) is 67.9 Å². The summed E-state index contributed by atoms with van der Waals surface area (Å²) >= 11 is 12.2. The average molecular weight is 527 g/mol. The fourth-order valence-corrected chi connectivity index (χ4v) is 4.77. The van der Waals surface area contributed by atoms with E-state index in [0.29, 0.717) is 34.6 Å². The van der Waals surface area contributed by atoms with Gasteiger partial charge in [0, 0.05) is 29.1 Å². The Kier molecular flexibility index (Phi) is 8.07. The first-order chi connectivity index (χ1) is 17.3. The number of methoxy groups -OCH3 is 2. The van der Waals surface area contributed by atoms with Crippen molar-refractivity contribution in [2.75, 3.05) is 20.8 Å². The third-order valence-electron chi connectivity index (χ3n) is 6.57. The molecule has 4 rings (SSSR count). The highest BCUT2D eigenvalue weighted by molar-refractivity contribution is 6.30. The molecule has 0 saturated carbocycles. The maximum atomic E-state index is 13.5. The summed E-state index contributed by atoms with van der Waals surface area (Å²) in [6.07, 6.45) is 0. The van der Waals surface area contributed by atoms with Gasteiger partial charge < -0.3 is 19.7 Å². The summed E-state index contributed by atoms with van der Waals surface area (Å²) in [5, 5.41) is 4.38. The minimum Gasteiger partial charge on any atom is -0.493 e. The van der Waals surface area contributed by atoms with Crippen LogP contribution < -0.4 is 14.8 Å². The van der Waals surface area contributed by atoms with E-state index < -0.39 is 17.9 Å². The zero-order valence-corrected chi connectivity index (χ0v) is 21.8. The average Bonchev–Trinajstić information content (AvgIpc) is 3.17. The molecular weight excluding hydrogens is 499 g/mol. The maximum Gasteiger partial charge on any atom is 0.226 e. The Morgan fingerprint density at radius 1 is 0.944 bits per heavy atom. The summed E-state index contributed by atoms with van der Waals surface area (Å²) < 4.78 is 10.7. The lowest BCUT2D eigenvalue weighted by Crippen LogP contribution is -2.37. The molecule has 0 bridgehead atoms. The molecule has 1 aliphatic heterocycles. The Morgan fingerprint density at radius 3 is 2.03 bits per heavy atom. The Balaban J connectivity index is 1.52. The summed E-state index contributed by atoms with van der Waals surface area (Å²) in [5.41, 5.74) is 2.66. The number of likely N-dealkylation sites (tertiary alicyclic amines) is 1. The fourth-order valence-electron chi connectivity index (χ4n) is 4.52. The molecule has 1 heterocycles. The van der Waals surface area contributed by atoms with Gasteiger partial charge in [-0.3, -0.25) is 9.59 Å². The minimum atomic E-state index is -0.486. The van der Waals surface area contributed by atoms with Gasteiger partial charge >= 0.3 is 0 Å². The minimum absolute atomic E-state index is 0.0560. The molecule has 3 aromatic rings. The van der Waals surface area contributed by atoms with Gasteiger partial charge in [0.25, 0.3) is 0 Å². The smallest absolute Gasteiger partial charge is 0.226 e. The second kappa shape index (κ2) is 11.2. The van der Waals surface area contributed by atoms with E-state index in [1.165, 1.54) is 0 Å². The largest absolute Gasteiger partial charge is 0.493 e. The molecule has 2 unspecified atom stereocenters. The summed E-state index contributed by atoms with van der Waals surface area (Å²) in [6.45, 7) is 2.51. The summed E-state index contributed by atoms with van der Waals surface area (Å²) in [6, 6.07) is 19.8. The molecule has 1 N–H and O–H groups in total. The van der Waals surface area contributed by atoms with Gasteiger partial charge in [0.2, 0.25) is 11.8 Å². The molecule has 3 aromatic carbocycles. The summed E-state index contributed by atoms with van der Waals surface area (Å²) in [4.78, 5) is 28.3. The molecular formula is C28H28Cl2N2O4. The van der Waals surface area contributed by atoms with Crippen molar-refractivity contribution in [1.29, 1.82) is 0 Å². The van der Waals surface area contributed by atoms with Gasteiger partial charge in [-0.05, 0) is 53.1 Å². The Morgan fingerprint density at radius 2 is 1.50 bits per heavy atom. The number of benzene rings is 3. The van der Waals surface area contributed by atoms with Crippen LogP contribution in [0, 0.1) is 11.8 Å². The predicted molar refractivity (Wildman–Crippen MR) is 141 cm³/mol. The Bertz CT molecular complexity index is 1190. The van der Waals surface area contributed by atoms with Crippen LogP contribution >= 0.6 is 23.2 Å². The number of carbonyl (C=O) groups is 2. The Labute approximate surface area is 221 Å². The second-order valence-corrected chi connectivity index (χ2v) is 9.72. The molecule has 1 fully saturated rings. The van der Waals surface area contributed by atoms with Crippen molar-refractivity contribution in [3.8, 4) is 11.5 Å². The molecule has 36 heavy (non-hydrogen) atoms. The molecule has 8 heteroatoms. The number of nitrogens with one attached hydrogen (secondary N) is 1. The third kappa shape index (κ3) is 5.61. The molecule has 1 saturated heterocycles. The molecule has 2 atom stereocenters. The Hall–Kier alpha value is -3.22. The fraction of sp³-hybridized carbons (Fsp3) is 0.286. The molecule has 188 valence electrons. The van der Waals surface area contributed by atoms with Crippen molar-refractivity contribution >= 4 is 35.0 Å². The lowest BCUT2D eigenvalue weighted by Gasteiger charge is -2.23. The standard InChI is InChI=1S/C28H28Cl2N2O4/c1-17-23(16-32(28(17)34)15-18-4-13-24(35-2)25(14-18)36-3)27(33)31-26(19-5-9-21(29)10-6-19)20-7-11-22(30)12-8-20/h4-14,17,23,26H,15-16H2,1-3H3,(H,31,33). The molecule has 6 nitrogen and oxygen atoms in total. The number of ether oxygens (including phenoxy) is 2. The summed E-state index contributed by atoms with van der Waals surface area (Å²) in [5.74, 6) is 0.0498. The van der Waals surface area contributed by atoms with Crippen LogP contribution in [0.2, 0.25) is 10.0 Å². The molecule has 0 radical (unpaired) electrons. The van der Waals surface area contributed by atoms with Crippen LogP contribution in [0.3, 0.4) is 0 Å². The number of rotatable bonds is 8. The number of carbonyl (C=O) groups excluding carboxylic acids is 2. The van der Waals surface area contributed by atoms with E-state index in [-0.39, 0.29) is 11.8 Å². The van der Waals surface area contributed by atoms with Crippen molar-refractivity contribution in [2.45, 2.75) is 19.5 Å². The van der Waals surface area contributed by atoms with Gasteiger partial charge in [0.15, 0.2) is 11.5 Å². The highest BCUT2D eigenvalue weighted by Gasteiger charge is 2.42. The quantitative estimate of drug-likeness (QED) is 0.420. The number of amides is 2. The monoisotopic (exact) mass is 526 g/mol. The van der Waals surface area contributed by atoms with Gasteiger partial charge in [-0.2, -0.15) is 0 Å². The number of halogens is 2. The van der Waals surface area contributed by atoms with Crippen molar-refractivity contribution < 1.29 is 19.1 Å².